The van der Waals surface area contributed by atoms with Crippen LogP contribution in [0, 0.1) is 5.92 Å². The van der Waals surface area contributed by atoms with Crippen molar-refractivity contribution < 1.29 is 9.59 Å². The number of thioether (sulfide) groups is 1. The lowest BCUT2D eigenvalue weighted by Crippen LogP contribution is -2.53. The number of rotatable bonds is 2. The Hall–Kier alpha value is -0.710. The molecule has 0 saturated carbocycles. The van der Waals surface area contributed by atoms with Crippen molar-refractivity contribution in [3.63, 3.8) is 0 Å². The van der Waals surface area contributed by atoms with Gasteiger partial charge in [0.2, 0.25) is 11.8 Å². The van der Waals surface area contributed by atoms with Gasteiger partial charge in [0.25, 0.3) is 0 Å². The van der Waals surface area contributed by atoms with Crippen LogP contribution in [-0.2, 0) is 9.59 Å². The number of nitrogens with zero attached hydrogens (tertiary/aromatic N) is 1. The first kappa shape index (κ1) is 13.7. The normalized spacial score (nSPS) is 25.8. The molecule has 2 fully saturated rings. The van der Waals surface area contributed by atoms with E-state index >= 15 is 0 Å². The highest BCUT2D eigenvalue weighted by Gasteiger charge is 2.37. The fraction of sp³-hybridized carbons (Fsp3) is 0.846. The lowest BCUT2D eigenvalue weighted by Gasteiger charge is -2.32. The zero-order valence-electron chi connectivity index (χ0n) is 11.2. The summed E-state index contributed by atoms with van der Waals surface area (Å²) in [4.78, 5) is 25.9. The molecule has 0 bridgehead atoms. The van der Waals surface area contributed by atoms with Crippen molar-refractivity contribution in [1.82, 2.24) is 10.2 Å². The van der Waals surface area contributed by atoms with Crippen molar-refractivity contribution in [2.24, 2.45) is 5.92 Å². The Morgan fingerprint density at radius 3 is 2.67 bits per heavy atom. The molecule has 0 aromatic carbocycles. The summed E-state index contributed by atoms with van der Waals surface area (Å²) in [6, 6.07) is 0. The highest BCUT2D eigenvalue weighted by Crippen LogP contribution is 2.25. The zero-order chi connectivity index (χ0) is 13.2. The van der Waals surface area contributed by atoms with Crippen LogP contribution < -0.4 is 5.32 Å². The third-order valence-corrected chi connectivity index (χ3v) is 4.75. The highest BCUT2D eigenvalue weighted by atomic mass is 32.2. The molecule has 0 radical (unpaired) electrons. The molecule has 2 aliphatic heterocycles. The second-order valence-corrected chi connectivity index (χ2v) is 6.95. The van der Waals surface area contributed by atoms with Crippen LogP contribution in [0.1, 0.15) is 33.1 Å². The van der Waals surface area contributed by atoms with Gasteiger partial charge in [-0.2, -0.15) is 11.8 Å². The van der Waals surface area contributed by atoms with Gasteiger partial charge in [0.1, 0.15) is 5.54 Å². The molecule has 0 atom stereocenters. The quantitative estimate of drug-likeness (QED) is 0.822. The van der Waals surface area contributed by atoms with Crippen LogP contribution in [0.5, 0.6) is 0 Å². The summed E-state index contributed by atoms with van der Waals surface area (Å²) in [7, 11) is 0. The second kappa shape index (κ2) is 5.51. The van der Waals surface area contributed by atoms with Crippen LogP contribution in [-0.4, -0.2) is 46.8 Å². The van der Waals surface area contributed by atoms with Crippen molar-refractivity contribution in [3.8, 4) is 0 Å². The van der Waals surface area contributed by atoms with Crippen LogP contribution in [0.25, 0.3) is 0 Å². The molecule has 5 heteroatoms. The lowest BCUT2D eigenvalue weighted by atomic mass is 9.99. The molecule has 0 unspecified atom stereocenters. The summed E-state index contributed by atoms with van der Waals surface area (Å²) in [6.07, 6.45) is 2.81. The van der Waals surface area contributed by atoms with E-state index in [1.165, 1.54) is 24.3 Å². The van der Waals surface area contributed by atoms with Gasteiger partial charge in [0.05, 0.1) is 0 Å². The van der Waals surface area contributed by atoms with E-state index in [-0.39, 0.29) is 11.8 Å². The third-order valence-electron chi connectivity index (χ3n) is 3.70. The molecule has 2 heterocycles. The van der Waals surface area contributed by atoms with E-state index in [1.807, 2.05) is 16.7 Å². The molecular weight excluding hydrogens is 248 g/mol. The number of nitrogens with one attached hydrogen (secondary N) is 1. The van der Waals surface area contributed by atoms with E-state index in [2.05, 4.69) is 5.32 Å². The molecule has 4 nitrogen and oxygen atoms in total. The molecule has 0 aliphatic carbocycles. The van der Waals surface area contributed by atoms with Crippen molar-refractivity contribution in [2.45, 2.75) is 38.6 Å². The maximum absolute atomic E-state index is 12.4. The Kier molecular flexibility index (Phi) is 4.20. The maximum atomic E-state index is 12.4. The zero-order valence-corrected chi connectivity index (χ0v) is 12.0. The van der Waals surface area contributed by atoms with Crippen molar-refractivity contribution in [1.29, 1.82) is 0 Å². The fourth-order valence-corrected chi connectivity index (χ4v) is 3.82. The Morgan fingerprint density at radius 1 is 1.33 bits per heavy atom. The summed E-state index contributed by atoms with van der Waals surface area (Å²) in [5, 5.41) is 2.80. The van der Waals surface area contributed by atoms with Gasteiger partial charge in [-0.1, -0.05) is 0 Å². The van der Waals surface area contributed by atoms with E-state index in [1.54, 1.807) is 13.8 Å². The fourth-order valence-electron chi connectivity index (χ4n) is 2.61. The van der Waals surface area contributed by atoms with E-state index < -0.39 is 5.54 Å². The van der Waals surface area contributed by atoms with Gasteiger partial charge < -0.3 is 10.2 Å². The van der Waals surface area contributed by atoms with Crippen molar-refractivity contribution in [2.75, 3.05) is 24.6 Å². The van der Waals surface area contributed by atoms with Gasteiger partial charge in [-0.25, -0.2) is 0 Å². The standard InChI is InChI=1S/C13H22N2O2S/c1-13(2)12(17)15(6-3-11(16)14-13)9-10-4-7-18-8-5-10/h10H,3-9H2,1-2H3,(H,14,16). The van der Waals surface area contributed by atoms with E-state index in [0.717, 1.165) is 6.54 Å². The molecule has 2 amide bonds. The average molecular weight is 270 g/mol. The number of hydrogen-bond acceptors (Lipinski definition) is 3. The third kappa shape index (κ3) is 3.19. The number of hydrogen-bond donors (Lipinski definition) is 1. The van der Waals surface area contributed by atoms with E-state index in [4.69, 9.17) is 0 Å². The van der Waals surface area contributed by atoms with Gasteiger partial charge in [0, 0.05) is 19.5 Å². The van der Waals surface area contributed by atoms with Crippen LogP contribution >= 0.6 is 11.8 Å². The first-order valence-corrected chi connectivity index (χ1v) is 7.82. The Balaban J connectivity index is 2.01. The van der Waals surface area contributed by atoms with Crippen LogP contribution in [0.2, 0.25) is 0 Å². The predicted molar refractivity (Wildman–Crippen MR) is 73.5 cm³/mol. The van der Waals surface area contributed by atoms with Crippen molar-refractivity contribution in [3.05, 3.63) is 0 Å². The van der Waals surface area contributed by atoms with Gasteiger partial charge in [-0.15, -0.1) is 0 Å². The molecular formula is C13H22N2O2S. The number of carbonyl (C=O) groups excluding carboxylic acids is 2. The molecule has 0 spiro atoms. The van der Waals surface area contributed by atoms with Gasteiger partial charge in [0.15, 0.2) is 0 Å². The van der Waals surface area contributed by atoms with Gasteiger partial charge >= 0.3 is 0 Å². The smallest absolute Gasteiger partial charge is 0.247 e. The first-order valence-electron chi connectivity index (χ1n) is 6.67. The first-order chi connectivity index (χ1) is 8.49. The molecule has 0 aromatic rings. The maximum Gasteiger partial charge on any atom is 0.247 e. The Bertz CT molecular complexity index is 338. The molecule has 1 N–H and O–H groups in total. The summed E-state index contributed by atoms with van der Waals surface area (Å²) >= 11 is 2.00. The summed E-state index contributed by atoms with van der Waals surface area (Å²) in [6.45, 7) is 4.97. The van der Waals surface area contributed by atoms with E-state index in [9.17, 15) is 9.59 Å². The molecule has 102 valence electrons. The number of amides is 2. The summed E-state index contributed by atoms with van der Waals surface area (Å²) in [5.74, 6) is 3.06. The summed E-state index contributed by atoms with van der Waals surface area (Å²) in [5.41, 5.74) is -0.753. The molecule has 2 rings (SSSR count). The van der Waals surface area contributed by atoms with Crippen LogP contribution in [0.4, 0.5) is 0 Å². The highest BCUT2D eigenvalue weighted by molar-refractivity contribution is 7.99. The SMILES string of the molecule is CC1(C)NC(=O)CCN(CC2CCSCC2)C1=O. The Morgan fingerprint density at radius 2 is 2.00 bits per heavy atom. The van der Waals surface area contributed by atoms with Gasteiger partial charge in [-0.3, -0.25) is 9.59 Å². The lowest BCUT2D eigenvalue weighted by molar-refractivity contribution is -0.137. The minimum atomic E-state index is -0.753. The topological polar surface area (TPSA) is 49.4 Å². The minimum Gasteiger partial charge on any atom is -0.342 e. The molecule has 2 aliphatic rings. The predicted octanol–water partition coefficient (Wildman–Crippen LogP) is 1.26. The largest absolute Gasteiger partial charge is 0.342 e. The van der Waals surface area contributed by atoms with Crippen LogP contribution in [0.15, 0.2) is 0 Å². The monoisotopic (exact) mass is 270 g/mol. The minimum absolute atomic E-state index is 0.0185. The summed E-state index contributed by atoms with van der Waals surface area (Å²) < 4.78 is 0. The molecule has 0 aromatic heterocycles. The molecule has 18 heavy (non-hydrogen) atoms. The number of carbonyl (C=O) groups is 2. The molecule has 2 saturated heterocycles. The van der Waals surface area contributed by atoms with Crippen LogP contribution in [0.3, 0.4) is 0 Å². The van der Waals surface area contributed by atoms with Gasteiger partial charge in [-0.05, 0) is 44.1 Å². The Labute approximate surface area is 113 Å². The second-order valence-electron chi connectivity index (χ2n) is 5.73. The van der Waals surface area contributed by atoms with Crippen molar-refractivity contribution >= 4 is 23.6 Å². The average Bonchev–Trinajstić information content (AvgIpc) is 2.42. The van der Waals surface area contributed by atoms with E-state index in [0.29, 0.717) is 18.9 Å².